The van der Waals surface area contributed by atoms with Crippen molar-refractivity contribution in [3.63, 3.8) is 0 Å². The first-order chi connectivity index (χ1) is 11.5. The molecular weight excluding hydrogens is 342 g/mol. The summed E-state index contributed by atoms with van der Waals surface area (Å²) in [6, 6.07) is 12.9. The van der Waals surface area contributed by atoms with Crippen LogP contribution in [-0.4, -0.2) is 32.2 Å². The number of carbonyl (C=O) groups excluding carboxylic acids is 1. The van der Waals surface area contributed by atoms with Crippen LogP contribution in [0.1, 0.15) is 18.9 Å². The van der Waals surface area contributed by atoms with Gasteiger partial charge in [0.1, 0.15) is 10.4 Å². The highest BCUT2D eigenvalue weighted by atomic mass is 32.2. The molecule has 0 aromatic heterocycles. The summed E-state index contributed by atoms with van der Waals surface area (Å²) in [5.74, 6) is -1.38. The van der Waals surface area contributed by atoms with Crippen molar-refractivity contribution < 1.29 is 14.7 Å². The van der Waals surface area contributed by atoms with Crippen molar-refractivity contribution in [1.82, 2.24) is 4.90 Å². The van der Waals surface area contributed by atoms with E-state index in [1.807, 2.05) is 42.5 Å². The fourth-order valence-corrected chi connectivity index (χ4v) is 4.08. The highest BCUT2D eigenvalue weighted by molar-refractivity contribution is 8.26. The number of carbonyl (C=O) groups is 2. The number of benzene rings is 2. The number of nitrogens with zero attached hydrogens (tertiary/aromatic N) is 1. The number of hydrogen-bond acceptors (Lipinski definition) is 4. The van der Waals surface area contributed by atoms with Crippen LogP contribution in [0.2, 0.25) is 0 Å². The van der Waals surface area contributed by atoms with Gasteiger partial charge in [-0.25, -0.2) is 4.79 Å². The van der Waals surface area contributed by atoms with Crippen molar-refractivity contribution in [3.05, 3.63) is 52.9 Å². The maximum Gasteiger partial charge on any atom is 0.326 e. The molecule has 2 aromatic carbocycles. The van der Waals surface area contributed by atoms with E-state index >= 15 is 0 Å². The molecule has 2 aromatic rings. The fourth-order valence-electron chi connectivity index (χ4n) is 2.73. The second-order valence-electron chi connectivity index (χ2n) is 5.38. The highest BCUT2D eigenvalue weighted by Crippen LogP contribution is 2.35. The van der Waals surface area contributed by atoms with Crippen molar-refractivity contribution in [2.75, 3.05) is 0 Å². The molecule has 0 saturated carbocycles. The van der Waals surface area contributed by atoms with Gasteiger partial charge in [-0.2, -0.15) is 0 Å². The van der Waals surface area contributed by atoms with Crippen molar-refractivity contribution in [2.24, 2.45) is 0 Å². The number of carboxylic acid groups (broad SMARTS) is 1. The Bertz CT molecular complexity index is 870. The maximum atomic E-state index is 12.6. The summed E-state index contributed by atoms with van der Waals surface area (Å²) in [6.45, 7) is 1.73. The molecule has 1 amide bonds. The Balaban J connectivity index is 2.01. The van der Waals surface area contributed by atoms with Gasteiger partial charge < -0.3 is 5.11 Å². The smallest absolute Gasteiger partial charge is 0.326 e. The van der Waals surface area contributed by atoms with Crippen LogP contribution in [-0.2, 0) is 9.59 Å². The van der Waals surface area contributed by atoms with Crippen LogP contribution in [0.5, 0.6) is 0 Å². The molecule has 0 radical (unpaired) electrons. The predicted molar refractivity (Wildman–Crippen MR) is 101 cm³/mol. The number of carboxylic acids is 1. The van der Waals surface area contributed by atoms with Gasteiger partial charge in [-0.3, -0.25) is 9.69 Å². The zero-order valence-electron chi connectivity index (χ0n) is 12.9. The van der Waals surface area contributed by atoms with Gasteiger partial charge in [-0.1, -0.05) is 73.4 Å². The average molecular weight is 357 g/mol. The van der Waals surface area contributed by atoms with Crippen molar-refractivity contribution in [2.45, 2.75) is 19.4 Å². The van der Waals surface area contributed by atoms with E-state index in [1.165, 1.54) is 4.90 Å². The van der Waals surface area contributed by atoms with Gasteiger partial charge in [-0.15, -0.1) is 0 Å². The predicted octanol–water partition coefficient (Wildman–Crippen LogP) is 3.90. The zero-order valence-corrected chi connectivity index (χ0v) is 14.6. The van der Waals surface area contributed by atoms with Gasteiger partial charge in [0, 0.05) is 0 Å². The topological polar surface area (TPSA) is 57.6 Å². The Morgan fingerprint density at radius 3 is 2.71 bits per heavy atom. The summed E-state index contributed by atoms with van der Waals surface area (Å²) in [5, 5.41) is 11.4. The first kappa shape index (κ1) is 16.7. The minimum Gasteiger partial charge on any atom is -0.480 e. The number of rotatable bonds is 4. The molecule has 1 atom stereocenters. The first-order valence-electron chi connectivity index (χ1n) is 7.50. The monoisotopic (exact) mass is 357 g/mol. The van der Waals surface area contributed by atoms with E-state index in [2.05, 4.69) is 0 Å². The van der Waals surface area contributed by atoms with Crippen LogP contribution in [0.25, 0.3) is 16.8 Å². The number of thioether (sulfide) groups is 1. The molecule has 1 unspecified atom stereocenters. The molecule has 1 N–H and O–H groups in total. The molecule has 6 heteroatoms. The largest absolute Gasteiger partial charge is 0.480 e. The van der Waals surface area contributed by atoms with E-state index in [0.717, 1.165) is 28.1 Å². The van der Waals surface area contributed by atoms with Gasteiger partial charge in [0.2, 0.25) is 0 Å². The molecule has 1 aliphatic rings. The molecule has 24 heavy (non-hydrogen) atoms. The quantitative estimate of drug-likeness (QED) is 0.664. The molecule has 1 heterocycles. The van der Waals surface area contributed by atoms with Gasteiger partial charge in [0.15, 0.2) is 0 Å². The van der Waals surface area contributed by atoms with Crippen molar-refractivity contribution in [1.29, 1.82) is 0 Å². The third-order valence-electron chi connectivity index (χ3n) is 3.92. The SMILES string of the molecule is CCC(C(=O)O)N1C(=O)/C(=C/c2cccc3ccccc23)SC1=S. The number of fused-ring (bicyclic) bond motifs is 1. The van der Waals surface area contributed by atoms with E-state index in [0.29, 0.717) is 15.6 Å². The summed E-state index contributed by atoms with van der Waals surface area (Å²) in [5.41, 5.74) is 0.914. The van der Waals surface area contributed by atoms with E-state index in [1.54, 1.807) is 13.0 Å². The minimum absolute atomic E-state index is 0.292. The number of thiocarbonyl (C=S) groups is 1. The second-order valence-corrected chi connectivity index (χ2v) is 7.06. The summed E-state index contributed by atoms with van der Waals surface area (Å²) in [4.78, 5) is 25.7. The molecule has 0 bridgehead atoms. The van der Waals surface area contributed by atoms with Crippen LogP contribution >= 0.6 is 24.0 Å². The van der Waals surface area contributed by atoms with Crippen LogP contribution in [0.3, 0.4) is 0 Å². The van der Waals surface area contributed by atoms with E-state index in [9.17, 15) is 14.7 Å². The lowest BCUT2D eigenvalue weighted by atomic mass is 10.0. The van der Waals surface area contributed by atoms with Crippen LogP contribution in [0.4, 0.5) is 0 Å². The highest BCUT2D eigenvalue weighted by Gasteiger charge is 2.39. The van der Waals surface area contributed by atoms with Crippen molar-refractivity contribution >= 4 is 57.0 Å². The molecule has 0 spiro atoms. The zero-order chi connectivity index (χ0) is 17.3. The van der Waals surface area contributed by atoms with Gasteiger partial charge in [0.05, 0.1) is 4.91 Å². The third-order valence-corrected chi connectivity index (χ3v) is 5.25. The normalized spacial score (nSPS) is 17.7. The lowest BCUT2D eigenvalue weighted by Gasteiger charge is -2.21. The van der Waals surface area contributed by atoms with Crippen molar-refractivity contribution in [3.8, 4) is 0 Å². The van der Waals surface area contributed by atoms with Gasteiger partial charge >= 0.3 is 5.97 Å². The number of aliphatic carboxylic acids is 1. The average Bonchev–Trinajstić information content (AvgIpc) is 2.83. The molecule has 122 valence electrons. The van der Waals surface area contributed by atoms with E-state index < -0.39 is 12.0 Å². The molecule has 0 aliphatic carbocycles. The Morgan fingerprint density at radius 1 is 1.29 bits per heavy atom. The maximum absolute atomic E-state index is 12.6. The second kappa shape index (κ2) is 6.75. The number of amides is 1. The van der Waals surface area contributed by atoms with Crippen LogP contribution in [0, 0.1) is 0 Å². The Kier molecular flexibility index (Phi) is 4.69. The number of hydrogen-bond donors (Lipinski definition) is 1. The summed E-state index contributed by atoms with van der Waals surface area (Å²) >= 11 is 6.38. The minimum atomic E-state index is -1.04. The third kappa shape index (κ3) is 2.95. The Morgan fingerprint density at radius 2 is 2.00 bits per heavy atom. The first-order valence-corrected chi connectivity index (χ1v) is 8.73. The standard InChI is InChI=1S/C18H15NO3S2/c1-2-14(17(21)22)19-16(20)15(24-18(19)23)10-12-8-5-7-11-6-3-4-9-13(11)12/h3-10,14H,2H2,1H3,(H,21,22)/b15-10-. The summed E-state index contributed by atoms with van der Waals surface area (Å²) < 4.78 is 0.292. The molecule has 3 rings (SSSR count). The lowest BCUT2D eigenvalue weighted by molar-refractivity contribution is -0.145. The Hall–Kier alpha value is -2.18. The Labute approximate surface area is 149 Å². The summed E-state index contributed by atoms with van der Waals surface area (Å²) in [6.07, 6.45) is 2.10. The molecule has 1 aliphatic heterocycles. The lowest BCUT2D eigenvalue weighted by Crippen LogP contribution is -2.43. The molecule has 1 fully saturated rings. The van der Waals surface area contributed by atoms with Gasteiger partial charge in [-0.05, 0) is 28.8 Å². The van der Waals surface area contributed by atoms with E-state index in [-0.39, 0.29) is 5.91 Å². The molecular formula is C18H15NO3S2. The van der Waals surface area contributed by atoms with E-state index in [4.69, 9.17) is 12.2 Å². The molecule has 4 nitrogen and oxygen atoms in total. The van der Waals surface area contributed by atoms with Crippen LogP contribution in [0.15, 0.2) is 47.4 Å². The van der Waals surface area contributed by atoms with Gasteiger partial charge in [0.25, 0.3) is 5.91 Å². The summed E-state index contributed by atoms with van der Waals surface area (Å²) in [7, 11) is 0. The molecule has 1 saturated heterocycles. The fraction of sp³-hybridized carbons (Fsp3) is 0.167. The van der Waals surface area contributed by atoms with Crippen LogP contribution < -0.4 is 0 Å².